The molecule has 0 aliphatic rings. The Labute approximate surface area is 94.4 Å². The third-order valence-electron chi connectivity index (χ3n) is 3.48. The summed E-state index contributed by atoms with van der Waals surface area (Å²) in [5.41, 5.74) is 0. The molecule has 1 atom stereocenters. The van der Waals surface area contributed by atoms with Crippen molar-refractivity contribution in [1.29, 1.82) is 0 Å². The highest BCUT2D eigenvalue weighted by molar-refractivity contribution is 5.72. The number of nitrogens with one attached hydrogen (secondary N) is 1. The molecule has 0 rings (SSSR count). The van der Waals surface area contributed by atoms with Crippen LogP contribution in [0.5, 0.6) is 0 Å². The smallest absolute Gasteiger partial charge is 0.217 e. The molecule has 1 amide bonds. The average Bonchev–Trinajstić information content (AvgIpc) is 2.11. The maximum atomic E-state index is 10.9. The molecule has 0 aliphatic heterocycles. The van der Waals surface area contributed by atoms with Crippen LogP contribution in [-0.2, 0) is 4.79 Å². The number of carbonyl (C=O) groups is 1. The lowest BCUT2D eigenvalue weighted by Crippen LogP contribution is -2.57. The van der Waals surface area contributed by atoms with E-state index in [0.717, 1.165) is 17.4 Å². The topological polar surface area (TPSA) is 29.1 Å². The lowest BCUT2D eigenvalue weighted by Gasteiger charge is -2.41. The van der Waals surface area contributed by atoms with Gasteiger partial charge in [0.1, 0.15) is 6.04 Å². The summed E-state index contributed by atoms with van der Waals surface area (Å²) in [5, 5.41) is 2.94. The molecule has 0 aromatic carbocycles. The van der Waals surface area contributed by atoms with Crippen molar-refractivity contribution in [3.8, 4) is 0 Å². The Kier molecular flexibility index (Phi) is 5.88. The number of rotatable bonds is 6. The SMILES string of the molecule is CCCC(CNC(C)=O)[N+](C)(C)C(C)C. The van der Waals surface area contributed by atoms with Crippen molar-refractivity contribution in [2.24, 2.45) is 0 Å². The summed E-state index contributed by atoms with van der Waals surface area (Å²) in [6, 6.07) is 1.09. The fraction of sp³-hybridized carbons (Fsp3) is 0.917. The lowest BCUT2D eigenvalue weighted by atomic mass is 10.1. The molecule has 90 valence electrons. The maximum Gasteiger partial charge on any atom is 0.217 e. The summed E-state index contributed by atoms with van der Waals surface area (Å²) in [4.78, 5) is 10.9. The first-order valence-electron chi connectivity index (χ1n) is 5.90. The quantitative estimate of drug-likeness (QED) is 0.672. The molecule has 15 heavy (non-hydrogen) atoms. The highest BCUT2D eigenvalue weighted by atomic mass is 16.1. The van der Waals surface area contributed by atoms with Crippen molar-refractivity contribution >= 4 is 5.91 Å². The molecule has 0 aliphatic carbocycles. The van der Waals surface area contributed by atoms with Crippen LogP contribution in [0.15, 0.2) is 0 Å². The van der Waals surface area contributed by atoms with Crippen molar-refractivity contribution in [3.05, 3.63) is 0 Å². The van der Waals surface area contributed by atoms with E-state index in [-0.39, 0.29) is 5.91 Å². The van der Waals surface area contributed by atoms with Crippen LogP contribution in [0.1, 0.15) is 40.5 Å². The zero-order valence-corrected chi connectivity index (χ0v) is 11.1. The van der Waals surface area contributed by atoms with Crippen molar-refractivity contribution < 1.29 is 9.28 Å². The lowest BCUT2D eigenvalue weighted by molar-refractivity contribution is -0.934. The largest absolute Gasteiger partial charge is 0.350 e. The number of nitrogens with zero attached hydrogens (tertiary/aromatic N) is 1. The third-order valence-corrected chi connectivity index (χ3v) is 3.48. The van der Waals surface area contributed by atoms with Crippen molar-refractivity contribution in [2.75, 3.05) is 20.6 Å². The summed E-state index contributed by atoms with van der Waals surface area (Å²) in [6.07, 6.45) is 2.32. The number of amides is 1. The number of quaternary nitrogens is 1. The van der Waals surface area contributed by atoms with Gasteiger partial charge in [-0.25, -0.2) is 0 Å². The zero-order valence-electron chi connectivity index (χ0n) is 11.1. The highest BCUT2D eigenvalue weighted by Gasteiger charge is 2.30. The van der Waals surface area contributed by atoms with Gasteiger partial charge in [0.25, 0.3) is 0 Å². The molecule has 0 aromatic rings. The molecule has 0 saturated heterocycles. The van der Waals surface area contributed by atoms with Crippen LogP contribution in [0.25, 0.3) is 0 Å². The third kappa shape index (κ3) is 4.65. The number of hydrogen-bond acceptors (Lipinski definition) is 1. The van der Waals surface area contributed by atoms with E-state index in [1.54, 1.807) is 6.92 Å². The van der Waals surface area contributed by atoms with Crippen LogP contribution >= 0.6 is 0 Å². The van der Waals surface area contributed by atoms with E-state index in [1.165, 1.54) is 6.42 Å². The molecule has 1 N–H and O–H groups in total. The molecule has 0 heterocycles. The van der Waals surface area contributed by atoms with Gasteiger partial charge in [-0.15, -0.1) is 0 Å². The predicted molar refractivity (Wildman–Crippen MR) is 64.6 cm³/mol. The molecule has 0 bridgehead atoms. The van der Waals surface area contributed by atoms with Gasteiger partial charge >= 0.3 is 0 Å². The second-order valence-corrected chi connectivity index (χ2v) is 5.10. The maximum absolute atomic E-state index is 10.9. The molecule has 0 aromatic heterocycles. The van der Waals surface area contributed by atoms with E-state index < -0.39 is 0 Å². The molecular formula is C12H27N2O+. The van der Waals surface area contributed by atoms with Gasteiger partial charge in [0.15, 0.2) is 0 Å². The minimum absolute atomic E-state index is 0.0693. The Morgan fingerprint density at radius 2 is 1.87 bits per heavy atom. The van der Waals surface area contributed by atoms with Gasteiger partial charge in [-0.3, -0.25) is 4.79 Å². The van der Waals surface area contributed by atoms with Crippen molar-refractivity contribution in [2.45, 2.75) is 52.6 Å². The van der Waals surface area contributed by atoms with Gasteiger partial charge in [-0.1, -0.05) is 13.3 Å². The first kappa shape index (κ1) is 14.4. The van der Waals surface area contributed by atoms with Crippen LogP contribution in [0.4, 0.5) is 0 Å². The molecule has 0 saturated carbocycles. The molecule has 0 radical (unpaired) electrons. The summed E-state index contributed by atoms with van der Waals surface area (Å²) in [6.45, 7) is 9.03. The summed E-state index contributed by atoms with van der Waals surface area (Å²) < 4.78 is 0.966. The Bertz CT molecular complexity index is 200. The second kappa shape index (κ2) is 6.11. The number of carbonyl (C=O) groups excluding carboxylic acids is 1. The van der Waals surface area contributed by atoms with Gasteiger partial charge < -0.3 is 9.80 Å². The van der Waals surface area contributed by atoms with Crippen molar-refractivity contribution in [1.82, 2.24) is 5.32 Å². The van der Waals surface area contributed by atoms with Crippen LogP contribution in [-0.4, -0.2) is 43.1 Å². The summed E-state index contributed by atoms with van der Waals surface area (Å²) in [7, 11) is 4.49. The number of hydrogen-bond donors (Lipinski definition) is 1. The Morgan fingerprint density at radius 1 is 1.33 bits per heavy atom. The van der Waals surface area contributed by atoms with E-state index in [1.807, 2.05) is 0 Å². The Balaban J connectivity index is 4.43. The first-order valence-corrected chi connectivity index (χ1v) is 5.90. The molecule has 0 fully saturated rings. The first-order chi connectivity index (χ1) is 6.82. The molecule has 3 nitrogen and oxygen atoms in total. The van der Waals surface area contributed by atoms with Gasteiger partial charge in [-0.05, 0) is 13.8 Å². The van der Waals surface area contributed by atoms with Crippen LogP contribution in [0, 0.1) is 0 Å². The molecule has 0 spiro atoms. The van der Waals surface area contributed by atoms with Gasteiger partial charge in [0.2, 0.25) is 5.91 Å². The normalized spacial score (nSPS) is 14.1. The number of likely N-dealkylation sites (N-methyl/N-ethyl adjacent to an activating group) is 1. The average molecular weight is 215 g/mol. The van der Waals surface area contributed by atoms with E-state index >= 15 is 0 Å². The highest BCUT2D eigenvalue weighted by Crippen LogP contribution is 2.16. The Hall–Kier alpha value is -0.570. The van der Waals surface area contributed by atoms with Gasteiger partial charge in [0, 0.05) is 13.3 Å². The molecule has 1 unspecified atom stereocenters. The van der Waals surface area contributed by atoms with E-state index in [2.05, 4.69) is 40.2 Å². The fourth-order valence-electron chi connectivity index (χ4n) is 1.69. The van der Waals surface area contributed by atoms with E-state index in [4.69, 9.17) is 0 Å². The summed E-state index contributed by atoms with van der Waals surface area (Å²) in [5.74, 6) is 0.0693. The fourth-order valence-corrected chi connectivity index (χ4v) is 1.69. The van der Waals surface area contributed by atoms with Gasteiger partial charge in [-0.2, -0.15) is 0 Å². The molecular weight excluding hydrogens is 188 g/mol. The minimum Gasteiger partial charge on any atom is -0.350 e. The van der Waals surface area contributed by atoms with E-state index in [9.17, 15) is 4.79 Å². The summed E-state index contributed by atoms with van der Waals surface area (Å²) >= 11 is 0. The second-order valence-electron chi connectivity index (χ2n) is 5.10. The van der Waals surface area contributed by atoms with Crippen molar-refractivity contribution in [3.63, 3.8) is 0 Å². The standard InChI is InChI=1S/C12H26N2O/c1-7-8-12(9-13-11(4)15)14(5,6)10(2)3/h10,12H,7-9H2,1-6H3/p+1. The Morgan fingerprint density at radius 3 is 2.20 bits per heavy atom. The van der Waals surface area contributed by atoms with Crippen LogP contribution < -0.4 is 5.32 Å². The van der Waals surface area contributed by atoms with Crippen LogP contribution in [0.2, 0.25) is 0 Å². The van der Waals surface area contributed by atoms with Crippen LogP contribution in [0.3, 0.4) is 0 Å². The van der Waals surface area contributed by atoms with Gasteiger partial charge in [0.05, 0.1) is 26.7 Å². The molecule has 3 heteroatoms. The van der Waals surface area contributed by atoms with E-state index in [0.29, 0.717) is 12.1 Å². The monoisotopic (exact) mass is 215 g/mol. The zero-order chi connectivity index (χ0) is 12.1. The minimum atomic E-state index is 0.0693. The predicted octanol–water partition coefficient (Wildman–Crippen LogP) is 1.78.